The first kappa shape index (κ1) is 15.0. The number of aromatic nitrogens is 2. The summed E-state index contributed by atoms with van der Waals surface area (Å²) in [6.45, 7) is 1.75. The molecule has 0 saturated carbocycles. The summed E-state index contributed by atoms with van der Waals surface area (Å²) < 4.78 is 1.58. The second-order valence-electron chi connectivity index (χ2n) is 5.37. The standard InChI is InChI=1S/C16H20N4OS/c17-20-12-14(13-6-2-1-3-7-13)18-16(20)22-11-5-10-19-9-4-8-15(19)21/h1-3,6-7,12H,4-5,8-11,17H2. The van der Waals surface area contributed by atoms with Gasteiger partial charge in [-0.2, -0.15) is 0 Å². The third-order valence-electron chi connectivity index (χ3n) is 3.74. The van der Waals surface area contributed by atoms with Gasteiger partial charge in [-0.25, -0.2) is 9.66 Å². The normalized spacial score (nSPS) is 14.7. The van der Waals surface area contributed by atoms with Gasteiger partial charge in [0.05, 0.1) is 11.9 Å². The Hall–Kier alpha value is -1.95. The van der Waals surface area contributed by atoms with E-state index in [-0.39, 0.29) is 5.91 Å². The van der Waals surface area contributed by atoms with Gasteiger partial charge < -0.3 is 10.7 Å². The van der Waals surface area contributed by atoms with E-state index >= 15 is 0 Å². The highest BCUT2D eigenvalue weighted by Crippen LogP contribution is 2.23. The van der Waals surface area contributed by atoms with E-state index in [0.29, 0.717) is 6.42 Å². The van der Waals surface area contributed by atoms with Gasteiger partial charge in [-0.05, 0) is 12.8 Å². The highest BCUT2D eigenvalue weighted by Gasteiger charge is 2.19. The first-order chi connectivity index (χ1) is 10.7. The van der Waals surface area contributed by atoms with Crippen LogP contribution in [0.2, 0.25) is 0 Å². The third-order valence-corrected chi connectivity index (χ3v) is 4.80. The number of thioether (sulfide) groups is 1. The molecule has 116 valence electrons. The van der Waals surface area contributed by atoms with Crippen LogP contribution in [-0.2, 0) is 4.79 Å². The Labute approximate surface area is 134 Å². The lowest BCUT2D eigenvalue weighted by Crippen LogP contribution is -2.25. The molecule has 2 aromatic rings. The molecule has 0 atom stereocenters. The largest absolute Gasteiger partial charge is 0.343 e. The maximum atomic E-state index is 11.5. The summed E-state index contributed by atoms with van der Waals surface area (Å²) in [4.78, 5) is 18.1. The molecule has 0 bridgehead atoms. The predicted molar refractivity (Wildman–Crippen MR) is 89.0 cm³/mol. The molecule has 1 aliphatic rings. The fourth-order valence-electron chi connectivity index (χ4n) is 2.59. The number of nitrogen functional groups attached to an aromatic ring is 1. The quantitative estimate of drug-likeness (QED) is 0.505. The van der Waals surface area contributed by atoms with Gasteiger partial charge in [0.2, 0.25) is 5.91 Å². The van der Waals surface area contributed by atoms with Crippen molar-refractivity contribution in [3.63, 3.8) is 0 Å². The van der Waals surface area contributed by atoms with Crippen molar-refractivity contribution in [1.82, 2.24) is 14.6 Å². The van der Waals surface area contributed by atoms with E-state index in [9.17, 15) is 4.79 Å². The average Bonchev–Trinajstić information content (AvgIpc) is 3.11. The van der Waals surface area contributed by atoms with E-state index in [1.807, 2.05) is 41.4 Å². The van der Waals surface area contributed by atoms with Crippen molar-refractivity contribution in [2.45, 2.75) is 24.4 Å². The first-order valence-electron chi connectivity index (χ1n) is 7.54. The van der Waals surface area contributed by atoms with Crippen molar-refractivity contribution in [2.24, 2.45) is 0 Å². The van der Waals surface area contributed by atoms with Crippen molar-refractivity contribution < 1.29 is 4.79 Å². The Kier molecular flexibility index (Phi) is 4.68. The maximum Gasteiger partial charge on any atom is 0.222 e. The number of imidazole rings is 1. The number of amides is 1. The number of carbonyl (C=O) groups excluding carboxylic acids is 1. The SMILES string of the molecule is Nn1cc(-c2ccccc2)nc1SCCCN1CCCC1=O. The van der Waals surface area contributed by atoms with Gasteiger partial charge in [-0.3, -0.25) is 4.79 Å². The molecule has 1 aromatic heterocycles. The van der Waals surface area contributed by atoms with E-state index in [0.717, 1.165) is 48.1 Å². The number of carbonyl (C=O) groups is 1. The highest BCUT2D eigenvalue weighted by atomic mass is 32.2. The monoisotopic (exact) mass is 316 g/mol. The third kappa shape index (κ3) is 3.44. The zero-order valence-corrected chi connectivity index (χ0v) is 13.3. The van der Waals surface area contributed by atoms with Crippen LogP contribution in [0.1, 0.15) is 19.3 Å². The Balaban J connectivity index is 1.52. The Bertz CT molecular complexity index is 641. The second-order valence-corrected chi connectivity index (χ2v) is 6.43. The van der Waals surface area contributed by atoms with Crippen LogP contribution in [-0.4, -0.2) is 39.3 Å². The topological polar surface area (TPSA) is 64.2 Å². The molecule has 1 saturated heterocycles. The molecule has 0 unspecified atom stereocenters. The van der Waals surface area contributed by atoms with Gasteiger partial charge in [0.25, 0.3) is 0 Å². The van der Waals surface area contributed by atoms with E-state index in [4.69, 9.17) is 5.84 Å². The van der Waals surface area contributed by atoms with Crippen LogP contribution < -0.4 is 5.84 Å². The molecule has 3 rings (SSSR count). The minimum Gasteiger partial charge on any atom is -0.343 e. The highest BCUT2D eigenvalue weighted by molar-refractivity contribution is 7.99. The average molecular weight is 316 g/mol. The number of nitrogens with zero attached hydrogens (tertiary/aromatic N) is 3. The van der Waals surface area contributed by atoms with Crippen molar-refractivity contribution in [3.05, 3.63) is 36.5 Å². The predicted octanol–water partition coefficient (Wildman–Crippen LogP) is 2.37. The molecular weight excluding hydrogens is 296 g/mol. The smallest absolute Gasteiger partial charge is 0.222 e. The van der Waals surface area contributed by atoms with Crippen LogP contribution in [0.4, 0.5) is 0 Å². The minimum absolute atomic E-state index is 0.289. The van der Waals surface area contributed by atoms with Gasteiger partial charge in [-0.15, -0.1) is 0 Å². The lowest BCUT2D eigenvalue weighted by atomic mass is 10.2. The van der Waals surface area contributed by atoms with Crippen molar-refractivity contribution in [1.29, 1.82) is 0 Å². The maximum absolute atomic E-state index is 11.5. The minimum atomic E-state index is 0.289. The van der Waals surface area contributed by atoms with Crippen molar-refractivity contribution >= 4 is 17.7 Å². The Morgan fingerprint density at radius 2 is 2.09 bits per heavy atom. The molecule has 1 aliphatic heterocycles. The number of nitrogens with two attached hydrogens (primary N) is 1. The molecule has 1 fully saturated rings. The zero-order valence-electron chi connectivity index (χ0n) is 12.4. The summed E-state index contributed by atoms with van der Waals surface area (Å²) in [6, 6.07) is 10.0. The molecule has 2 N–H and O–H groups in total. The van der Waals surface area contributed by atoms with Crippen LogP contribution in [0.25, 0.3) is 11.3 Å². The van der Waals surface area contributed by atoms with Gasteiger partial charge in [0.15, 0.2) is 5.16 Å². The summed E-state index contributed by atoms with van der Waals surface area (Å²) >= 11 is 1.64. The van der Waals surface area contributed by atoms with Crippen LogP contribution in [0, 0.1) is 0 Å². The fraction of sp³-hybridized carbons (Fsp3) is 0.375. The summed E-state index contributed by atoms with van der Waals surface area (Å²) in [5.41, 5.74) is 1.96. The number of rotatable bonds is 6. The Morgan fingerprint density at radius 1 is 1.27 bits per heavy atom. The first-order valence-corrected chi connectivity index (χ1v) is 8.53. The fourth-order valence-corrected chi connectivity index (χ4v) is 3.41. The molecule has 0 aliphatic carbocycles. The molecule has 1 aromatic carbocycles. The van der Waals surface area contributed by atoms with Gasteiger partial charge in [0.1, 0.15) is 0 Å². The van der Waals surface area contributed by atoms with Crippen LogP contribution in [0.15, 0.2) is 41.7 Å². The summed E-state index contributed by atoms with van der Waals surface area (Å²) in [6.07, 6.45) is 4.52. The summed E-state index contributed by atoms with van der Waals surface area (Å²) in [7, 11) is 0. The number of benzene rings is 1. The summed E-state index contributed by atoms with van der Waals surface area (Å²) in [5.74, 6) is 7.17. The van der Waals surface area contributed by atoms with Crippen LogP contribution in [0.3, 0.4) is 0 Å². The number of hydrogen-bond acceptors (Lipinski definition) is 4. The zero-order chi connectivity index (χ0) is 15.4. The number of hydrogen-bond donors (Lipinski definition) is 1. The van der Waals surface area contributed by atoms with Crippen molar-refractivity contribution in [2.75, 3.05) is 24.7 Å². The van der Waals surface area contributed by atoms with E-state index in [1.54, 1.807) is 16.4 Å². The van der Waals surface area contributed by atoms with E-state index < -0.39 is 0 Å². The van der Waals surface area contributed by atoms with Gasteiger partial charge in [0, 0.05) is 30.8 Å². The molecule has 0 radical (unpaired) electrons. The van der Waals surface area contributed by atoms with Crippen LogP contribution >= 0.6 is 11.8 Å². The lowest BCUT2D eigenvalue weighted by Gasteiger charge is -2.14. The van der Waals surface area contributed by atoms with E-state index in [2.05, 4.69) is 4.98 Å². The molecule has 5 nitrogen and oxygen atoms in total. The van der Waals surface area contributed by atoms with Gasteiger partial charge >= 0.3 is 0 Å². The molecule has 6 heteroatoms. The molecule has 0 spiro atoms. The van der Waals surface area contributed by atoms with Crippen molar-refractivity contribution in [3.8, 4) is 11.3 Å². The van der Waals surface area contributed by atoms with E-state index in [1.165, 1.54) is 0 Å². The molecule has 1 amide bonds. The summed E-state index contributed by atoms with van der Waals surface area (Å²) in [5, 5.41) is 0.812. The number of likely N-dealkylation sites (tertiary alicyclic amines) is 1. The molecule has 22 heavy (non-hydrogen) atoms. The molecular formula is C16H20N4OS. The molecule has 2 heterocycles. The second kappa shape index (κ2) is 6.87. The lowest BCUT2D eigenvalue weighted by molar-refractivity contribution is -0.127. The Morgan fingerprint density at radius 3 is 2.82 bits per heavy atom. The van der Waals surface area contributed by atoms with Crippen LogP contribution in [0.5, 0.6) is 0 Å². The van der Waals surface area contributed by atoms with Gasteiger partial charge in [-0.1, -0.05) is 42.1 Å².